The fourth-order valence-electron chi connectivity index (χ4n) is 2.23. The second-order valence-electron chi connectivity index (χ2n) is 5.19. The van der Waals surface area contributed by atoms with Gasteiger partial charge in [0.1, 0.15) is 5.82 Å². The number of sulfonamides is 1. The molecule has 1 aromatic heterocycles. The largest absolute Gasteiger partial charge is 0.381 e. The first-order chi connectivity index (χ1) is 8.86. The van der Waals surface area contributed by atoms with Crippen LogP contribution in [-0.2, 0) is 21.3 Å². The normalized spacial score (nSPS) is 19.5. The molecule has 0 aliphatic carbocycles. The molecule has 0 atom stereocenters. The second kappa shape index (κ2) is 5.22. The third kappa shape index (κ3) is 3.16. The van der Waals surface area contributed by atoms with Crippen molar-refractivity contribution in [1.82, 2.24) is 14.3 Å². The summed E-state index contributed by atoms with van der Waals surface area (Å²) < 4.78 is 34.6. The SMILES string of the molecule is CCn1cc(S(=O)(=O)NC2(C)CCOCC2)nc1C. The molecule has 1 N–H and O–H groups in total. The maximum atomic E-state index is 12.4. The first-order valence-electron chi connectivity index (χ1n) is 6.52. The molecule has 0 bridgehead atoms. The molecular weight excluding hydrogens is 266 g/mol. The molecule has 0 saturated carbocycles. The van der Waals surface area contributed by atoms with Crippen LogP contribution in [-0.4, -0.2) is 36.7 Å². The van der Waals surface area contributed by atoms with Gasteiger partial charge in [0.15, 0.2) is 5.03 Å². The van der Waals surface area contributed by atoms with Gasteiger partial charge in [0.25, 0.3) is 10.0 Å². The minimum Gasteiger partial charge on any atom is -0.381 e. The van der Waals surface area contributed by atoms with Crippen molar-refractivity contribution in [2.75, 3.05) is 13.2 Å². The number of nitrogens with zero attached hydrogens (tertiary/aromatic N) is 2. The molecule has 19 heavy (non-hydrogen) atoms. The van der Waals surface area contributed by atoms with E-state index in [0.717, 1.165) is 0 Å². The van der Waals surface area contributed by atoms with Crippen LogP contribution in [0.4, 0.5) is 0 Å². The van der Waals surface area contributed by atoms with Gasteiger partial charge >= 0.3 is 0 Å². The Morgan fingerprint density at radius 1 is 1.47 bits per heavy atom. The number of aryl methyl sites for hydroxylation is 2. The molecule has 1 aliphatic heterocycles. The number of hydrogen-bond acceptors (Lipinski definition) is 4. The van der Waals surface area contributed by atoms with Crippen molar-refractivity contribution >= 4 is 10.0 Å². The van der Waals surface area contributed by atoms with E-state index in [1.165, 1.54) is 0 Å². The summed E-state index contributed by atoms with van der Waals surface area (Å²) in [7, 11) is -3.57. The first-order valence-corrected chi connectivity index (χ1v) is 8.00. The maximum absolute atomic E-state index is 12.4. The highest BCUT2D eigenvalue weighted by Gasteiger charge is 2.33. The molecule has 1 saturated heterocycles. The van der Waals surface area contributed by atoms with E-state index in [0.29, 0.717) is 38.4 Å². The van der Waals surface area contributed by atoms with E-state index in [4.69, 9.17) is 4.74 Å². The number of aromatic nitrogens is 2. The summed E-state index contributed by atoms with van der Waals surface area (Å²) in [5, 5.41) is 0.0968. The first kappa shape index (κ1) is 14.5. The van der Waals surface area contributed by atoms with E-state index >= 15 is 0 Å². The Labute approximate surface area is 114 Å². The third-order valence-corrected chi connectivity index (χ3v) is 5.06. The third-order valence-electron chi connectivity index (χ3n) is 3.55. The average Bonchev–Trinajstić information content (AvgIpc) is 2.71. The summed E-state index contributed by atoms with van der Waals surface area (Å²) in [5.74, 6) is 0.708. The smallest absolute Gasteiger partial charge is 0.260 e. The summed E-state index contributed by atoms with van der Waals surface area (Å²) in [5.41, 5.74) is -0.443. The van der Waals surface area contributed by atoms with E-state index in [9.17, 15) is 8.42 Å². The highest BCUT2D eigenvalue weighted by Crippen LogP contribution is 2.22. The van der Waals surface area contributed by atoms with Crippen molar-refractivity contribution in [3.8, 4) is 0 Å². The highest BCUT2D eigenvalue weighted by atomic mass is 32.2. The second-order valence-corrected chi connectivity index (χ2v) is 6.82. The van der Waals surface area contributed by atoms with E-state index in [-0.39, 0.29) is 5.03 Å². The molecule has 1 aromatic rings. The predicted molar refractivity (Wildman–Crippen MR) is 71.4 cm³/mol. The van der Waals surface area contributed by atoms with Crippen molar-refractivity contribution in [2.24, 2.45) is 0 Å². The van der Waals surface area contributed by atoms with Gasteiger partial charge in [-0.15, -0.1) is 0 Å². The summed E-state index contributed by atoms with van der Waals surface area (Å²) in [6.07, 6.45) is 2.94. The fraction of sp³-hybridized carbons (Fsp3) is 0.750. The van der Waals surface area contributed by atoms with Gasteiger partial charge in [0.05, 0.1) is 0 Å². The Morgan fingerprint density at radius 3 is 2.63 bits per heavy atom. The van der Waals surface area contributed by atoms with Gasteiger partial charge in [0, 0.05) is 31.5 Å². The number of imidazole rings is 1. The van der Waals surface area contributed by atoms with Gasteiger partial charge in [-0.05, 0) is 33.6 Å². The molecule has 0 amide bonds. The molecule has 2 heterocycles. The lowest BCUT2D eigenvalue weighted by Gasteiger charge is -2.33. The van der Waals surface area contributed by atoms with E-state index < -0.39 is 15.6 Å². The van der Waals surface area contributed by atoms with Gasteiger partial charge in [-0.1, -0.05) is 0 Å². The lowest BCUT2D eigenvalue weighted by molar-refractivity contribution is 0.0537. The highest BCUT2D eigenvalue weighted by molar-refractivity contribution is 7.89. The monoisotopic (exact) mass is 287 g/mol. The summed E-state index contributed by atoms with van der Waals surface area (Å²) in [6, 6.07) is 0. The Morgan fingerprint density at radius 2 is 2.11 bits per heavy atom. The zero-order chi connectivity index (χ0) is 14.1. The molecule has 7 heteroatoms. The standard InChI is InChI=1S/C12H21N3O3S/c1-4-15-9-11(13-10(15)2)19(16,17)14-12(3)5-7-18-8-6-12/h9,14H,4-8H2,1-3H3. The zero-order valence-electron chi connectivity index (χ0n) is 11.6. The maximum Gasteiger partial charge on any atom is 0.260 e. The average molecular weight is 287 g/mol. The van der Waals surface area contributed by atoms with E-state index in [2.05, 4.69) is 9.71 Å². The molecular formula is C12H21N3O3S. The van der Waals surface area contributed by atoms with Crippen LogP contribution in [0.3, 0.4) is 0 Å². The van der Waals surface area contributed by atoms with Crippen LogP contribution in [0.25, 0.3) is 0 Å². The van der Waals surface area contributed by atoms with Crippen LogP contribution in [0, 0.1) is 6.92 Å². The Hall–Kier alpha value is -0.920. The van der Waals surface area contributed by atoms with E-state index in [1.807, 2.05) is 18.4 Å². The number of rotatable bonds is 4. The predicted octanol–water partition coefficient (Wildman–Crippen LogP) is 1.06. The van der Waals surface area contributed by atoms with Crippen LogP contribution in [0.5, 0.6) is 0 Å². The van der Waals surface area contributed by atoms with Gasteiger partial charge in [0.2, 0.25) is 0 Å². The summed E-state index contributed by atoms with van der Waals surface area (Å²) in [4.78, 5) is 4.13. The lowest BCUT2D eigenvalue weighted by atomic mass is 9.94. The quantitative estimate of drug-likeness (QED) is 0.898. The minimum absolute atomic E-state index is 0.0968. The zero-order valence-corrected chi connectivity index (χ0v) is 12.5. The molecule has 0 radical (unpaired) electrons. The fourth-order valence-corrected chi connectivity index (χ4v) is 3.71. The Bertz CT molecular complexity index is 545. The number of ether oxygens (including phenoxy) is 1. The van der Waals surface area contributed by atoms with Crippen LogP contribution in [0.2, 0.25) is 0 Å². The summed E-state index contributed by atoms with van der Waals surface area (Å²) >= 11 is 0. The van der Waals surface area contributed by atoms with Gasteiger partial charge in [-0.2, -0.15) is 0 Å². The van der Waals surface area contributed by atoms with Crippen LogP contribution in [0.1, 0.15) is 32.5 Å². The van der Waals surface area contributed by atoms with Crippen molar-refractivity contribution in [3.05, 3.63) is 12.0 Å². The summed E-state index contributed by atoms with van der Waals surface area (Å²) in [6.45, 7) is 7.55. The Balaban J connectivity index is 2.21. The topological polar surface area (TPSA) is 73.2 Å². The van der Waals surface area contributed by atoms with Crippen molar-refractivity contribution in [3.63, 3.8) is 0 Å². The molecule has 108 valence electrons. The van der Waals surface area contributed by atoms with E-state index in [1.54, 1.807) is 13.1 Å². The number of nitrogens with one attached hydrogen (secondary N) is 1. The minimum atomic E-state index is -3.57. The lowest BCUT2D eigenvalue weighted by Crippen LogP contribution is -2.49. The molecule has 1 aliphatic rings. The van der Waals surface area contributed by atoms with Gasteiger partial charge in [-0.25, -0.2) is 18.1 Å². The van der Waals surface area contributed by atoms with Crippen molar-refractivity contribution in [2.45, 2.75) is 50.7 Å². The van der Waals surface area contributed by atoms with Crippen molar-refractivity contribution in [1.29, 1.82) is 0 Å². The van der Waals surface area contributed by atoms with Crippen LogP contribution < -0.4 is 4.72 Å². The molecule has 1 fully saturated rings. The molecule has 0 aromatic carbocycles. The number of hydrogen-bond donors (Lipinski definition) is 1. The van der Waals surface area contributed by atoms with Crippen molar-refractivity contribution < 1.29 is 13.2 Å². The van der Waals surface area contributed by atoms with Gasteiger partial charge in [-0.3, -0.25) is 0 Å². The van der Waals surface area contributed by atoms with Crippen LogP contribution in [0.15, 0.2) is 11.2 Å². The molecule has 0 spiro atoms. The molecule has 0 unspecified atom stereocenters. The van der Waals surface area contributed by atoms with Crippen LogP contribution >= 0.6 is 0 Å². The molecule has 2 rings (SSSR count). The molecule has 6 nitrogen and oxygen atoms in total. The van der Waals surface area contributed by atoms with Gasteiger partial charge < -0.3 is 9.30 Å². The Kier molecular flexibility index (Phi) is 3.98.